The average molecular weight is 331 g/mol. The van der Waals surface area contributed by atoms with Crippen molar-refractivity contribution in [1.29, 1.82) is 0 Å². The van der Waals surface area contributed by atoms with Crippen LogP contribution in [0.4, 0.5) is 4.39 Å². The van der Waals surface area contributed by atoms with Crippen molar-refractivity contribution in [2.45, 2.75) is 25.0 Å². The number of rotatable bonds is 3. The van der Waals surface area contributed by atoms with Crippen LogP contribution in [-0.4, -0.2) is 34.6 Å². The normalized spacial score (nSPS) is 24.4. The summed E-state index contributed by atoms with van der Waals surface area (Å²) in [5.41, 5.74) is 4.54. The van der Waals surface area contributed by atoms with Gasteiger partial charge in [-0.05, 0) is 43.1 Å². The summed E-state index contributed by atoms with van der Waals surface area (Å²) in [4.78, 5) is 13.2. The molecule has 0 saturated carbocycles. The Hall–Kier alpha value is -0.980. The number of halogens is 2. The van der Waals surface area contributed by atoms with Crippen molar-refractivity contribution in [3.8, 4) is 0 Å². The molecule has 19 heavy (non-hydrogen) atoms. The first kappa shape index (κ1) is 14.4. The van der Waals surface area contributed by atoms with Crippen molar-refractivity contribution in [2.75, 3.05) is 13.1 Å². The number of carbonyl (C=O) groups excluding carboxylic acids is 1. The van der Waals surface area contributed by atoms with Gasteiger partial charge in [0.05, 0.1) is 0 Å². The number of amides is 1. The highest BCUT2D eigenvalue weighted by atomic mass is 79.9. The smallest absolute Gasteiger partial charge is 0.250 e. The lowest BCUT2D eigenvalue weighted by atomic mass is 9.92. The van der Waals surface area contributed by atoms with E-state index in [2.05, 4.69) is 15.9 Å². The maximum absolute atomic E-state index is 13.2. The summed E-state index contributed by atoms with van der Waals surface area (Å²) < 4.78 is 14.0. The van der Waals surface area contributed by atoms with Gasteiger partial charge in [-0.25, -0.2) is 4.39 Å². The number of benzene rings is 1. The molecule has 4 nitrogen and oxygen atoms in total. The third kappa shape index (κ3) is 3.32. The zero-order valence-electron chi connectivity index (χ0n) is 10.4. The topological polar surface area (TPSA) is 66.6 Å². The Morgan fingerprint density at radius 2 is 2.32 bits per heavy atom. The Morgan fingerprint density at radius 1 is 1.58 bits per heavy atom. The summed E-state index contributed by atoms with van der Waals surface area (Å²) in [6.07, 6.45) is 1.07. The third-order valence-corrected chi connectivity index (χ3v) is 4.18. The van der Waals surface area contributed by atoms with Crippen molar-refractivity contribution in [3.05, 3.63) is 34.1 Å². The molecule has 0 aromatic heterocycles. The van der Waals surface area contributed by atoms with Gasteiger partial charge in [-0.3, -0.25) is 9.69 Å². The van der Waals surface area contributed by atoms with Gasteiger partial charge < -0.3 is 10.8 Å². The Bertz CT molecular complexity index is 498. The van der Waals surface area contributed by atoms with Crippen LogP contribution in [0, 0.1) is 5.82 Å². The number of carbonyl (C=O) groups is 1. The fraction of sp³-hybridized carbons (Fsp3) is 0.462. The van der Waals surface area contributed by atoms with E-state index in [1.807, 2.05) is 4.90 Å². The molecular weight excluding hydrogens is 315 g/mol. The molecule has 104 valence electrons. The number of piperidine rings is 1. The summed E-state index contributed by atoms with van der Waals surface area (Å²) in [5.74, 6) is -1.00. The largest absolute Gasteiger partial charge is 0.379 e. The van der Waals surface area contributed by atoms with E-state index in [9.17, 15) is 14.3 Å². The van der Waals surface area contributed by atoms with Crippen molar-refractivity contribution < 1.29 is 14.3 Å². The van der Waals surface area contributed by atoms with Crippen LogP contribution in [-0.2, 0) is 11.3 Å². The van der Waals surface area contributed by atoms with E-state index in [1.54, 1.807) is 6.07 Å². The number of aliphatic hydroxyl groups is 1. The Balaban J connectivity index is 2.11. The minimum absolute atomic E-state index is 0.186. The molecule has 1 atom stereocenters. The molecule has 1 aromatic rings. The van der Waals surface area contributed by atoms with E-state index in [1.165, 1.54) is 12.1 Å². The second-order valence-corrected chi connectivity index (χ2v) is 5.80. The summed E-state index contributed by atoms with van der Waals surface area (Å²) in [5, 5.41) is 10.1. The molecule has 2 rings (SSSR count). The summed E-state index contributed by atoms with van der Waals surface area (Å²) >= 11 is 3.37. The highest BCUT2D eigenvalue weighted by molar-refractivity contribution is 9.10. The second-order valence-electron chi connectivity index (χ2n) is 4.95. The zero-order chi connectivity index (χ0) is 14.0. The number of primary amides is 1. The van der Waals surface area contributed by atoms with Crippen LogP contribution in [0.2, 0.25) is 0 Å². The van der Waals surface area contributed by atoms with E-state index >= 15 is 0 Å². The van der Waals surface area contributed by atoms with Crippen LogP contribution in [0.3, 0.4) is 0 Å². The van der Waals surface area contributed by atoms with Crippen LogP contribution in [0.1, 0.15) is 18.4 Å². The fourth-order valence-corrected chi connectivity index (χ4v) is 2.74. The number of β-amino-alcohol motifs (C(OH)–C–C–N with tert-alkyl or cyclic N) is 1. The number of hydrogen-bond acceptors (Lipinski definition) is 3. The lowest BCUT2D eigenvalue weighted by molar-refractivity contribution is -0.142. The maximum Gasteiger partial charge on any atom is 0.250 e. The minimum atomic E-state index is -1.47. The maximum atomic E-state index is 13.2. The highest BCUT2D eigenvalue weighted by Gasteiger charge is 2.38. The molecule has 3 N–H and O–H groups in total. The molecule has 6 heteroatoms. The summed E-state index contributed by atoms with van der Waals surface area (Å²) in [6, 6.07) is 4.47. The van der Waals surface area contributed by atoms with Crippen molar-refractivity contribution in [2.24, 2.45) is 5.73 Å². The molecular formula is C13H16BrFN2O2. The zero-order valence-corrected chi connectivity index (χ0v) is 12.0. The van der Waals surface area contributed by atoms with Gasteiger partial charge in [-0.1, -0.05) is 15.9 Å². The lowest BCUT2D eigenvalue weighted by Gasteiger charge is -2.37. The predicted molar refractivity (Wildman–Crippen MR) is 72.8 cm³/mol. The van der Waals surface area contributed by atoms with Crippen LogP contribution < -0.4 is 5.73 Å². The first-order chi connectivity index (χ1) is 8.90. The molecule has 1 unspecified atom stereocenters. The Labute approximate surface area is 119 Å². The van der Waals surface area contributed by atoms with E-state index in [0.29, 0.717) is 19.4 Å². The van der Waals surface area contributed by atoms with Gasteiger partial charge >= 0.3 is 0 Å². The molecule has 1 aliphatic heterocycles. The van der Waals surface area contributed by atoms with E-state index in [-0.39, 0.29) is 12.4 Å². The summed E-state index contributed by atoms with van der Waals surface area (Å²) in [7, 11) is 0. The lowest BCUT2D eigenvalue weighted by Crippen LogP contribution is -2.55. The molecule has 0 bridgehead atoms. The Kier molecular flexibility index (Phi) is 4.23. The molecule has 1 aromatic carbocycles. The van der Waals surface area contributed by atoms with Gasteiger partial charge in [0.1, 0.15) is 5.82 Å². The van der Waals surface area contributed by atoms with Crippen LogP contribution in [0.25, 0.3) is 0 Å². The molecule has 0 aliphatic carbocycles. The molecule has 1 aliphatic rings. The van der Waals surface area contributed by atoms with Crippen LogP contribution >= 0.6 is 15.9 Å². The van der Waals surface area contributed by atoms with E-state index in [0.717, 1.165) is 16.6 Å². The molecule has 0 spiro atoms. The monoisotopic (exact) mass is 330 g/mol. The molecule has 1 heterocycles. The van der Waals surface area contributed by atoms with Gasteiger partial charge in [-0.2, -0.15) is 0 Å². The highest BCUT2D eigenvalue weighted by Crippen LogP contribution is 2.25. The van der Waals surface area contributed by atoms with E-state index < -0.39 is 11.5 Å². The van der Waals surface area contributed by atoms with Crippen molar-refractivity contribution >= 4 is 21.8 Å². The number of nitrogens with zero attached hydrogens (tertiary/aromatic N) is 1. The molecule has 1 amide bonds. The third-order valence-electron chi connectivity index (χ3n) is 3.41. The van der Waals surface area contributed by atoms with Crippen molar-refractivity contribution in [3.63, 3.8) is 0 Å². The number of nitrogens with two attached hydrogens (primary N) is 1. The SMILES string of the molecule is NC(=O)C1(O)CCCN(Cc2cc(F)ccc2Br)C1. The van der Waals surface area contributed by atoms with Gasteiger partial charge in [0, 0.05) is 17.6 Å². The molecule has 0 radical (unpaired) electrons. The summed E-state index contributed by atoms with van der Waals surface area (Å²) in [6.45, 7) is 1.40. The van der Waals surface area contributed by atoms with Crippen molar-refractivity contribution in [1.82, 2.24) is 4.90 Å². The van der Waals surface area contributed by atoms with Gasteiger partial charge in [0.25, 0.3) is 5.91 Å². The Morgan fingerprint density at radius 3 is 3.00 bits per heavy atom. The van der Waals surface area contributed by atoms with Gasteiger partial charge in [0.2, 0.25) is 0 Å². The van der Waals surface area contributed by atoms with Crippen LogP contribution in [0.5, 0.6) is 0 Å². The molecule has 1 fully saturated rings. The number of hydrogen-bond donors (Lipinski definition) is 2. The first-order valence-corrected chi connectivity index (χ1v) is 6.88. The molecule has 1 saturated heterocycles. The quantitative estimate of drug-likeness (QED) is 0.880. The standard InChI is InChI=1S/C13H16BrFN2O2/c14-11-3-2-10(15)6-9(11)7-17-5-1-4-13(19,8-17)12(16)18/h2-3,6,19H,1,4-5,7-8H2,(H2,16,18). The number of likely N-dealkylation sites (tertiary alicyclic amines) is 1. The second kappa shape index (κ2) is 5.56. The van der Waals surface area contributed by atoms with Gasteiger partial charge in [-0.15, -0.1) is 0 Å². The fourth-order valence-electron chi connectivity index (χ4n) is 2.36. The van der Waals surface area contributed by atoms with E-state index in [4.69, 9.17) is 5.73 Å². The first-order valence-electron chi connectivity index (χ1n) is 6.09. The minimum Gasteiger partial charge on any atom is -0.379 e. The predicted octanol–water partition coefficient (Wildman–Crippen LogP) is 1.40. The van der Waals surface area contributed by atoms with Gasteiger partial charge in [0.15, 0.2) is 5.60 Å². The average Bonchev–Trinajstić information content (AvgIpc) is 2.34. The van der Waals surface area contributed by atoms with Crippen LogP contribution in [0.15, 0.2) is 22.7 Å².